The minimum absolute atomic E-state index is 0.0305. The summed E-state index contributed by atoms with van der Waals surface area (Å²) in [5.41, 5.74) is 3.08. The maximum atomic E-state index is 12.5. The summed E-state index contributed by atoms with van der Waals surface area (Å²) in [6.07, 6.45) is 4.39. The second-order valence-corrected chi connectivity index (χ2v) is 6.26. The Hall–Kier alpha value is -1.75. The van der Waals surface area contributed by atoms with Crippen molar-refractivity contribution in [1.82, 2.24) is 9.55 Å². The molecule has 4 nitrogen and oxygen atoms in total. The first-order valence-corrected chi connectivity index (χ1v) is 7.92. The van der Waals surface area contributed by atoms with E-state index in [1.165, 1.54) is 11.8 Å². The molecule has 0 aliphatic rings. The number of nitrogens with zero attached hydrogens (tertiary/aromatic N) is 2. The Morgan fingerprint density at radius 1 is 1.38 bits per heavy atom. The van der Waals surface area contributed by atoms with Crippen LogP contribution in [-0.2, 0) is 11.8 Å². The molecule has 1 amide bonds. The minimum Gasteiger partial charge on any atom is -0.329 e. The van der Waals surface area contributed by atoms with E-state index in [9.17, 15) is 4.79 Å². The normalized spacial score (nSPS) is 12.2. The number of imidazole rings is 1. The molecule has 0 saturated heterocycles. The van der Waals surface area contributed by atoms with Gasteiger partial charge in [-0.15, -0.1) is 0 Å². The van der Waals surface area contributed by atoms with Crippen molar-refractivity contribution in [3.8, 4) is 0 Å². The second kappa shape index (κ2) is 6.80. The van der Waals surface area contributed by atoms with Gasteiger partial charge in [0.05, 0.1) is 5.25 Å². The summed E-state index contributed by atoms with van der Waals surface area (Å²) in [5.74, 6) is 0.0305. The van der Waals surface area contributed by atoms with Crippen molar-refractivity contribution in [2.75, 3.05) is 5.32 Å². The Kier molecular flexibility index (Phi) is 5.07. The molecule has 1 aromatic carbocycles. The number of hydrogen-bond acceptors (Lipinski definition) is 3. The highest BCUT2D eigenvalue weighted by Gasteiger charge is 2.21. The van der Waals surface area contributed by atoms with Crippen LogP contribution in [0.4, 0.5) is 5.69 Å². The molecule has 1 N–H and O–H groups in total. The lowest BCUT2D eigenvalue weighted by Gasteiger charge is -2.17. The number of carbonyl (C=O) groups excluding carboxylic acids is 1. The van der Waals surface area contributed by atoms with Gasteiger partial charge in [0.2, 0.25) is 5.91 Å². The molecule has 0 bridgehead atoms. The molecular formula is C16H21N3OS. The SMILES string of the molecule is CCC(Sc1nccn1C)C(=O)Nc1c(C)cccc1C. The predicted molar refractivity (Wildman–Crippen MR) is 87.7 cm³/mol. The van der Waals surface area contributed by atoms with E-state index >= 15 is 0 Å². The van der Waals surface area contributed by atoms with E-state index in [0.717, 1.165) is 28.4 Å². The van der Waals surface area contributed by atoms with Crippen LogP contribution in [0.3, 0.4) is 0 Å². The van der Waals surface area contributed by atoms with Crippen molar-refractivity contribution in [2.24, 2.45) is 7.05 Å². The van der Waals surface area contributed by atoms with Crippen LogP contribution in [0.2, 0.25) is 0 Å². The molecule has 2 aromatic rings. The summed E-state index contributed by atoms with van der Waals surface area (Å²) in [7, 11) is 1.94. The summed E-state index contributed by atoms with van der Waals surface area (Å²) in [5, 5.41) is 3.78. The quantitative estimate of drug-likeness (QED) is 0.859. The fourth-order valence-corrected chi connectivity index (χ4v) is 3.07. The van der Waals surface area contributed by atoms with Crippen LogP contribution in [0.5, 0.6) is 0 Å². The summed E-state index contributed by atoms with van der Waals surface area (Å²) in [4.78, 5) is 16.8. The Bertz CT molecular complexity index is 616. The monoisotopic (exact) mass is 303 g/mol. The first-order chi connectivity index (χ1) is 10.0. The minimum atomic E-state index is -0.148. The molecule has 1 aromatic heterocycles. The molecule has 5 heteroatoms. The van der Waals surface area contributed by atoms with Gasteiger partial charge in [-0.2, -0.15) is 0 Å². The van der Waals surface area contributed by atoms with Crippen molar-refractivity contribution in [3.05, 3.63) is 41.7 Å². The zero-order valence-corrected chi connectivity index (χ0v) is 13.7. The highest BCUT2D eigenvalue weighted by Crippen LogP contribution is 2.26. The van der Waals surface area contributed by atoms with Crippen molar-refractivity contribution in [3.63, 3.8) is 0 Å². The third kappa shape index (κ3) is 3.67. The van der Waals surface area contributed by atoms with E-state index in [2.05, 4.69) is 10.3 Å². The molecule has 0 fully saturated rings. The van der Waals surface area contributed by atoms with E-state index < -0.39 is 0 Å². The van der Waals surface area contributed by atoms with Gasteiger partial charge in [-0.3, -0.25) is 4.79 Å². The van der Waals surface area contributed by atoms with Gasteiger partial charge in [-0.1, -0.05) is 36.9 Å². The molecule has 2 rings (SSSR count). The van der Waals surface area contributed by atoms with Crippen LogP contribution >= 0.6 is 11.8 Å². The third-order valence-corrected chi connectivity index (χ3v) is 4.85. The highest BCUT2D eigenvalue weighted by molar-refractivity contribution is 8.00. The first kappa shape index (κ1) is 15.6. The van der Waals surface area contributed by atoms with Crippen LogP contribution in [0.25, 0.3) is 0 Å². The van der Waals surface area contributed by atoms with Crippen molar-refractivity contribution < 1.29 is 4.79 Å². The molecule has 112 valence electrons. The zero-order valence-electron chi connectivity index (χ0n) is 12.9. The molecule has 0 spiro atoms. The Morgan fingerprint density at radius 3 is 2.57 bits per heavy atom. The molecule has 0 saturated carbocycles. The lowest BCUT2D eigenvalue weighted by atomic mass is 10.1. The fraction of sp³-hybridized carbons (Fsp3) is 0.375. The number of benzene rings is 1. The van der Waals surface area contributed by atoms with E-state index in [1.54, 1.807) is 6.20 Å². The first-order valence-electron chi connectivity index (χ1n) is 7.04. The molecule has 1 atom stereocenters. The Balaban J connectivity index is 2.12. The van der Waals surface area contributed by atoms with Gasteiger partial charge in [0.1, 0.15) is 0 Å². The molecule has 0 aliphatic heterocycles. The number of amides is 1. The average Bonchev–Trinajstić information content (AvgIpc) is 2.85. The maximum absolute atomic E-state index is 12.5. The van der Waals surface area contributed by atoms with Crippen molar-refractivity contribution in [2.45, 2.75) is 37.6 Å². The van der Waals surface area contributed by atoms with Crippen LogP contribution in [0, 0.1) is 13.8 Å². The van der Waals surface area contributed by atoms with Gasteiger partial charge in [0.15, 0.2) is 5.16 Å². The molecule has 0 radical (unpaired) electrons. The molecule has 1 heterocycles. The van der Waals surface area contributed by atoms with Crippen LogP contribution < -0.4 is 5.32 Å². The van der Waals surface area contributed by atoms with Gasteiger partial charge in [0.25, 0.3) is 0 Å². The number of aryl methyl sites for hydroxylation is 3. The maximum Gasteiger partial charge on any atom is 0.237 e. The standard InChI is InChI=1S/C16H21N3OS/c1-5-13(21-16-17-9-10-19(16)4)15(20)18-14-11(2)7-6-8-12(14)3/h6-10,13H,5H2,1-4H3,(H,18,20). The number of para-hydroxylation sites is 1. The topological polar surface area (TPSA) is 46.9 Å². The van der Waals surface area contributed by atoms with E-state index in [1.807, 2.05) is 56.8 Å². The Labute approximate surface area is 130 Å². The molecule has 21 heavy (non-hydrogen) atoms. The number of thioether (sulfide) groups is 1. The summed E-state index contributed by atoms with van der Waals surface area (Å²) < 4.78 is 1.93. The van der Waals surface area contributed by atoms with Crippen molar-refractivity contribution >= 4 is 23.4 Å². The predicted octanol–water partition coefficient (Wildman–Crippen LogP) is 3.55. The molecule has 0 aliphatic carbocycles. The van der Waals surface area contributed by atoms with E-state index in [0.29, 0.717) is 0 Å². The van der Waals surface area contributed by atoms with Crippen LogP contribution in [-0.4, -0.2) is 20.7 Å². The number of aromatic nitrogens is 2. The fourth-order valence-electron chi connectivity index (χ4n) is 2.13. The molecule has 1 unspecified atom stereocenters. The number of anilines is 1. The van der Waals surface area contributed by atoms with Crippen molar-refractivity contribution in [1.29, 1.82) is 0 Å². The summed E-state index contributed by atoms with van der Waals surface area (Å²) in [6, 6.07) is 6.02. The third-order valence-electron chi connectivity index (χ3n) is 3.42. The van der Waals surface area contributed by atoms with Crippen LogP contribution in [0.1, 0.15) is 24.5 Å². The zero-order chi connectivity index (χ0) is 15.4. The van der Waals surface area contributed by atoms with Crippen LogP contribution in [0.15, 0.2) is 35.7 Å². The largest absolute Gasteiger partial charge is 0.329 e. The van der Waals surface area contributed by atoms with Gasteiger partial charge in [0, 0.05) is 25.1 Å². The number of carbonyl (C=O) groups is 1. The molecular weight excluding hydrogens is 282 g/mol. The van der Waals surface area contributed by atoms with E-state index in [-0.39, 0.29) is 11.2 Å². The van der Waals surface area contributed by atoms with Gasteiger partial charge < -0.3 is 9.88 Å². The van der Waals surface area contributed by atoms with Gasteiger partial charge in [-0.05, 0) is 31.4 Å². The van der Waals surface area contributed by atoms with E-state index in [4.69, 9.17) is 0 Å². The lowest BCUT2D eigenvalue weighted by Crippen LogP contribution is -2.25. The van der Waals surface area contributed by atoms with Gasteiger partial charge in [-0.25, -0.2) is 4.98 Å². The highest BCUT2D eigenvalue weighted by atomic mass is 32.2. The number of nitrogens with one attached hydrogen (secondary N) is 1. The second-order valence-electron chi connectivity index (χ2n) is 5.09. The summed E-state index contributed by atoms with van der Waals surface area (Å²) >= 11 is 1.50. The number of rotatable bonds is 5. The summed E-state index contributed by atoms with van der Waals surface area (Å²) in [6.45, 7) is 6.04. The Morgan fingerprint density at radius 2 is 2.05 bits per heavy atom. The van der Waals surface area contributed by atoms with Gasteiger partial charge >= 0.3 is 0 Å². The number of hydrogen-bond donors (Lipinski definition) is 1. The average molecular weight is 303 g/mol. The smallest absolute Gasteiger partial charge is 0.237 e. The lowest BCUT2D eigenvalue weighted by molar-refractivity contribution is -0.115.